The van der Waals surface area contributed by atoms with Gasteiger partial charge in [0.25, 0.3) is 0 Å². The topological polar surface area (TPSA) is 101 Å². The van der Waals surface area contributed by atoms with Crippen LogP contribution in [0, 0.1) is 0 Å². The number of hydrogen-bond acceptors (Lipinski definition) is 7. The third-order valence-corrected chi connectivity index (χ3v) is 4.38. The molecule has 3 aromatic rings. The minimum Gasteiger partial charge on any atom is -0.350 e. The summed E-state index contributed by atoms with van der Waals surface area (Å²) in [5, 5.41) is 10.0. The van der Waals surface area contributed by atoms with Crippen LogP contribution in [0.15, 0.2) is 36.9 Å². The molecule has 30 heavy (non-hydrogen) atoms. The van der Waals surface area contributed by atoms with Gasteiger partial charge in [0, 0.05) is 31.5 Å². The molecule has 0 atom stereocenters. The average molecular weight is 418 g/mol. The summed E-state index contributed by atoms with van der Waals surface area (Å²) in [5.41, 5.74) is 1.08. The van der Waals surface area contributed by atoms with Gasteiger partial charge < -0.3 is 15.5 Å². The normalized spacial score (nSPS) is 13.7. The van der Waals surface area contributed by atoms with Gasteiger partial charge in [-0.15, -0.1) is 0 Å². The van der Waals surface area contributed by atoms with E-state index in [1.54, 1.807) is 35.2 Å². The molecule has 156 valence electrons. The molecule has 4 heterocycles. The van der Waals surface area contributed by atoms with Crippen LogP contribution in [0.5, 0.6) is 0 Å². The first-order valence-electron chi connectivity index (χ1n) is 8.93. The third kappa shape index (κ3) is 4.31. The monoisotopic (exact) mass is 418 g/mol. The lowest BCUT2D eigenvalue weighted by Gasteiger charge is -2.25. The third-order valence-electron chi connectivity index (χ3n) is 4.38. The first-order valence-corrected chi connectivity index (χ1v) is 8.93. The summed E-state index contributed by atoms with van der Waals surface area (Å²) in [6.07, 6.45) is 1.70. The number of nitrogens with zero attached hydrogens (tertiary/aromatic N) is 6. The van der Waals surface area contributed by atoms with E-state index in [0.29, 0.717) is 36.1 Å². The maximum atomic E-state index is 12.6. The zero-order valence-corrected chi connectivity index (χ0v) is 15.8. The maximum absolute atomic E-state index is 12.6. The average Bonchev–Trinajstić information content (AvgIpc) is 3.13. The van der Waals surface area contributed by atoms with Crippen molar-refractivity contribution in [2.24, 2.45) is 0 Å². The van der Waals surface area contributed by atoms with E-state index < -0.39 is 11.9 Å². The quantitative estimate of drug-likeness (QED) is 0.655. The molecule has 0 aromatic carbocycles. The Morgan fingerprint density at radius 1 is 1.17 bits per heavy atom. The lowest BCUT2D eigenvalue weighted by Crippen LogP contribution is -2.36. The summed E-state index contributed by atoms with van der Waals surface area (Å²) in [4.78, 5) is 25.3. The van der Waals surface area contributed by atoms with E-state index >= 15 is 0 Å². The Hall–Kier alpha value is -3.70. The molecule has 0 saturated carbocycles. The number of likely N-dealkylation sites (N-methyl/N-ethyl adjacent to an activating group) is 1. The molecular weight excluding hydrogens is 401 g/mol. The SMILES string of the molecule is CN1CC(=O)Nc2cnc(NCc3cnn(Cc4ccc(C(F)(F)F)nc4)c3)nc21. The van der Waals surface area contributed by atoms with Crippen LogP contribution in [0.2, 0.25) is 0 Å². The molecule has 0 fully saturated rings. The van der Waals surface area contributed by atoms with Gasteiger partial charge in [-0.25, -0.2) is 4.98 Å². The first-order chi connectivity index (χ1) is 14.3. The molecule has 0 spiro atoms. The molecule has 1 amide bonds. The molecule has 3 aromatic heterocycles. The fraction of sp³-hybridized carbons (Fsp3) is 0.278. The van der Waals surface area contributed by atoms with Crippen molar-refractivity contribution in [3.63, 3.8) is 0 Å². The van der Waals surface area contributed by atoms with Crippen molar-refractivity contribution in [3.05, 3.63) is 53.7 Å². The van der Waals surface area contributed by atoms with E-state index in [1.807, 2.05) is 0 Å². The van der Waals surface area contributed by atoms with Crippen molar-refractivity contribution < 1.29 is 18.0 Å². The highest BCUT2D eigenvalue weighted by Gasteiger charge is 2.32. The highest BCUT2D eigenvalue weighted by Crippen LogP contribution is 2.27. The Morgan fingerprint density at radius 3 is 2.73 bits per heavy atom. The number of hydrogen-bond donors (Lipinski definition) is 2. The van der Waals surface area contributed by atoms with Crippen molar-refractivity contribution in [2.45, 2.75) is 19.3 Å². The molecule has 4 rings (SSSR count). The number of amides is 1. The first kappa shape index (κ1) is 19.6. The van der Waals surface area contributed by atoms with Crippen LogP contribution in [0.3, 0.4) is 0 Å². The van der Waals surface area contributed by atoms with Crippen LogP contribution in [-0.2, 0) is 24.1 Å². The van der Waals surface area contributed by atoms with E-state index in [9.17, 15) is 18.0 Å². The minimum atomic E-state index is -4.46. The van der Waals surface area contributed by atoms with Crippen LogP contribution in [0.25, 0.3) is 0 Å². The number of rotatable bonds is 5. The Morgan fingerprint density at radius 2 is 2.00 bits per heavy atom. The van der Waals surface area contributed by atoms with Crippen LogP contribution in [-0.4, -0.2) is 44.2 Å². The molecule has 12 heteroatoms. The summed E-state index contributed by atoms with van der Waals surface area (Å²) in [7, 11) is 1.77. The molecule has 1 aliphatic rings. The molecule has 0 aliphatic carbocycles. The van der Waals surface area contributed by atoms with E-state index in [-0.39, 0.29) is 12.5 Å². The highest BCUT2D eigenvalue weighted by atomic mass is 19.4. The highest BCUT2D eigenvalue weighted by molar-refractivity contribution is 6.00. The van der Waals surface area contributed by atoms with Gasteiger partial charge in [0.2, 0.25) is 11.9 Å². The summed E-state index contributed by atoms with van der Waals surface area (Å²) >= 11 is 0. The molecule has 0 bridgehead atoms. The maximum Gasteiger partial charge on any atom is 0.433 e. The number of pyridine rings is 1. The molecular formula is C18H17F3N8O. The summed E-state index contributed by atoms with van der Waals surface area (Å²) in [5.74, 6) is 0.902. The number of anilines is 3. The van der Waals surface area contributed by atoms with Crippen molar-refractivity contribution in [1.82, 2.24) is 24.7 Å². The van der Waals surface area contributed by atoms with Crippen LogP contribution in [0.4, 0.5) is 30.6 Å². The van der Waals surface area contributed by atoms with Gasteiger partial charge in [0.15, 0.2) is 5.82 Å². The van der Waals surface area contributed by atoms with Crippen LogP contribution < -0.4 is 15.5 Å². The van der Waals surface area contributed by atoms with Crippen molar-refractivity contribution in [2.75, 3.05) is 29.1 Å². The predicted octanol–water partition coefficient (Wildman–Crippen LogP) is 2.14. The van der Waals surface area contributed by atoms with Crippen molar-refractivity contribution >= 4 is 23.4 Å². The Labute approximate surface area is 169 Å². The number of nitrogens with one attached hydrogen (secondary N) is 2. The second kappa shape index (κ2) is 7.61. The summed E-state index contributed by atoms with van der Waals surface area (Å²) in [6, 6.07) is 2.33. The van der Waals surface area contributed by atoms with Gasteiger partial charge in [-0.05, 0) is 11.6 Å². The van der Waals surface area contributed by atoms with E-state index in [1.165, 1.54) is 12.3 Å². The minimum absolute atomic E-state index is 0.120. The van der Waals surface area contributed by atoms with Gasteiger partial charge in [0.05, 0.1) is 25.5 Å². The Balaban J connectivity index is 1.37. The summed E-state index contributed by atoms with van der Waals surface area (Å²) < 4.78 is 39.4. The molecule has 0 unspecified atom stereocenters. The fourth-order valence-electron chi connectivity index (χ4n) is 2.96. The number of alkyl halides is 3. The fourth-order valence-corrected chi connectivity index (χ4v) is 2.96. The summed E-state index contributed by atoms with van der Waals surface area (Å²) in [6.45, 7) is 0.917. The number of carbonyl (C=O) groups is 1. The zero-order valence-electron chi connectivity index (χ0n) is 15.8. The van der Waals surface area contributed by atoms with Gasteiger partial charge in [0.1, 0.15) is 11.4 Å². The second-order valence-electron chi connectivity index (χ2n) is 6.78. The smallest absolute Gasteiger partial charge is 0.350 e. The number of fused-ring (bicyclic) bond motifs is 1. The zero-order chi connectivity index (χ0) is 21.3. The van der Waals surface area contributed by atoms with E-state index in [4.69, 9.17) is 0 Å². The largest absolute Gasteiger partial charge is 0.433 e. The van der Waals surface area contributed by atoms with Gasteiger partial charge in [-0.3, -0.25) is 14.5 Å². The molecule has 2 N–H and O–H groups in total. The van der Waals surface area contributed by atoms with Crippen molar-refractivity contribution in [3.8, 4) is 0 Å². The standard InChI is InChI=1S/C18H17F3N8O/c1-28-10-15(30)26-13-7-24-17(27-16(13)28)23-5-12-6-25-29(9-12)8-11-2-3-14(22-4-11)18(19,20)21/h2-4,6-7,9H,5,8,10H2,1H3,(H,26,30)(H,23,24,27). The number of carbonyl (C=O) groups excluding carboxylic acids is 1. The second-order valence-corrected chi connectivity index (χ2v) is 6.78. The van der Waals surface area contributed by atoms with Crippen LogP contribution >= 0.6 is 0 Å². The molecule has 9 nitrogen and oxygen atoms in total. The van der Waals surface area contributed by atoms with Gasteiger partial charge in [-0.2, -0.15) is 23.3 Å². The predicted molar refractivity (Wildman–Crippen MR) is 102 cm³/mol. The Kier molecular flexibility index (Phi) is 4.98. The Bertz CT molecular complexity index is 1060. The lowest BCUT2D eigenvalue weighted by atomic mass is 10.2. The molecule has 0 saturated heterocycles. The van der Waals surface area contributed by atoms with Crippen LogP contribution in [0.1, 0.15) is 16.8 Å². The van der Waals surface area contributed by atoms with E-state index in [2.05, 4.69) is 30.7 Å². The molecule has 0 radical (unpaired) electrons. The van der Waals surface area contributed by atoms with E-state index in [0.717, 1.165) is 11.6 Å². The lowest BCUT2D eigenvalue weighted by molar-refractivity contribution is -0.141. The van der Waals surface area contributed by atoms with Gasteiger partial charge >= 0.3 is 6.18 Å². The molecule has 1 aliphatic heterocycles. The number of aromatic nitrogens is 5. The van der Waals surface area contributed by atoms with Gasteiger partial charge in [-0.1, -0.05) is 6.07 Å². The number of halogens is 3. The van der Waals surface area contributed by atoms with Crippen molar-refractivity contribution in [1.29, 1.82) is 0 Å².